The van der Waals surface area contributed by atoms with Crippen LogP contribution in [0.4, 0.5) is 0 Å². The van der Waals surface area contributed by atoms with Gasteiger partial charge in [0.15, 0.2) is 0 Å². The monoisotopic (exact) mass is 465 g/mol. The highest BCUT2D eigenvalue weighted by Crippen LogP contribution is 2.39. The molecule has 0 aliphatic carbocycles. The van der Waals surface area contributed by atoms with Gasteiger partial charge in [0.25, 0.3) is 5.91 Å². The van der Waals surface area contributed by atoms with Gasteiger partial charge in [-0.25, -0.2) is 5.43 Å². The van der Waals surface area contributed by atoms with Gasteiger partial charge in [-0.05, 0) is 34.0 Å². The summed E-state index contributed by atoms with van der Waals surface area (Å²) in [7, 11) is 0. The molecule has 1 N–H and O–H groups in total. The molecule has 0 aromatic heterocycles. The van der Waals surface area contributed by atoms with Crippen LogP contribution in [0.25, 0.3) is 10.8 Å². The molecule has 0 radical (unpaired) electrons. The summed E-state index contributed by atoms with van der Waals surface area (Å²) in [6, 6.07) is 31.4. The highest BCUT2D eigenvalue weighted by atomic mass is 32.2. The number of nitrogens with one attached hydrogen (secondary N) is 1. The Hall–Kier alpha value is -3.90. The molecular formula is C28H23N3O2S. The maximum Gasteiger partial charge on any atom is 0.271 e. The summed E-state index contributed by atoms with van der Waals surface area (Å²) in [6.45, 7) is 0.572. The molecule has 1 unspecified atom stereocenters. The minimum Gasteiger partial charge on any atom is -0.322 e. The van der Waals surface area contributed by atoms with Crippen molar-refractivity contribution >= 4 is 40.6 Å². The number of rotatable bonds is 6. The van der Waals surface area contributed by atoms with Gasteiger partial charge in [0.1, 0.15) is 5.37 Å². The van der Waals surface area contributed by atoms with Crippen molar-refractivity contribution in [1.82, 2.24) is 10.3 Å². The SMILES string of the molecule is O=C(N/N=C/c1cccc2ccccc12)c1ccc(C2SCC(=O)N2Cc2ccccc2)cc1. The summed E-state index contributed by atoms with van der Waals surface area (Å²) in [4.78, 5) is 27.0. The lowest BCUT2D eigenvalue weighted by atomic mass is 10.1. The molecule has 5 rings (SSSR count). The molecule has 6 heteroatoms. The van der Waals surface area contributed by atoms with Gasteiger partial charge in [-0.3, -0.25) is 9.59 Å². The molecule has 1 atom stereocenters. The quantitative estimate of drug-likeness (QED) is 0.307. The van der Waals surface area contributed by atoms with E-state index in [0.29, 0.717) is 17.9 Å². The molecule has 0 spiro atoms. The van der Waals surface area contributed by atoms with Gasteiger partial charge in [-0.2, -0.15) is 5.10 Å². The first-order chi connectivity index (χ1) is 16.7. The van der Waals surface area contributed by atoms with Crippen LogP contribution in [-0.4, -0.2) is 28.7 Å². The Kier molecular flexibility index (Phi) is 6.40. The summed E-state index contributed by atoms with van der Waals surface area (Å²) in [6.07, 6.45) is 1.66. The van der Waals surface area contributed by atoms with Crippen molar-refractivity contribution in [3.8, 4) is 0 Å². The van der Waals surface area contributed by atoms with E-state index in [-0.39, 0.29) is 17.2 Å². The maximum atomic E-state index is 12.6. The Balaban J connectivity index is 1.26. The predicted octanol–water partition coefficient (Wildman–Crippen LogP) is 5.38. The summed E-state index contributed by atoms with van der Waals surface area (Å²) in [5.41, 5.74) is 6.17. The standard InChI is InChI=1S/C28H23N3O2S/c32-26-19-34-28(31(26)18-20-7-2-1-3-8-20)23-15-13-22(14-16-23)27(33)30-29-17-24-11-6-10-21-9-4-5-12-25(21)24/h1-17,28H,18-19H2,(H,30,33)/b29-17+. The second-order valence-corrected chi connectivity index (χ2v) is 9.13. The summed E-state index contributed by atoms with van der Waals surface area (Å²) in [5, 5.41) is 6.30. The van der Waals surface area contributed by atoms with Crippen LogP contribution in [0.2, 0.25) is 0 Å². The zero-order valence-corrected chi connectivity index (χ0v) is 19.2. The van der Waals surface area contributed by atoms with E-state index in [1.165, 1.54) is 0 Å². The Morgan fingerprint density at radius 2 is 1.68 bits per heavy atom. The minimum absolute atomic E-state index is 0.0609. The van der Waals surface area contributed by atoms with E-state index in [1.54, 1.807) is 30.1 Å². The van der Waals surface area contributed by atoms with Gasteiger partial charge in [-0.15, -0.1) is 11.8 Å². The zero-order chi connectivity index (χ0) is 23.3. The molecule has 168 valence electrons. The fraction of sp³-hybridized carbons (Fsp3) is 0.107. The van der Waals surface area contributed by atoms with Crippen LogP contribution in [0, 0.1) is 0 Å². The molecular weight excluding hydrogens is 442 g/mol. The number of benzene rings is 4. The van der Waals surface area contributed by atoms with Gasteiger partial charge in [0.2, 0.25) is 5.91 Å². The van der Waals surface area contributed by atoms with Crippen molar-refractivity contribution in [2.75, 3.05) is 5.75 Å². The topological polar surface area (TPSA) is 61.8 Å². The fourth-order valence-corrected chi connectivity index (χ4v) is 5.26. The van der Waals surface area contributed by atoms with Crippen molar-refractivity contribution in [2.45, 2.75) is 11.9 Å². The molecule has 4 aromatic carbocycles. The Morgan fingerprint density at radius 3 is 2.50 bits per heavy atom. The first kappa shape index (κ1) is 21.9. The second-order valence-electron chi connectivity index (χ2n) is 8.06. The Morgan fingerprint density at radius 1 is 0.941 bits per heavy atom. The van der Waals surface area contributed by atoms with Crippen LogP contribution >= 0.6 is 11.8 Å². The summed E-state index contributed by atoms with van der Waals surface area (Å²) in [5.74, 6) is 0.311. The van der Waals surface area contributed by atoms with E-state index in [9.17, 15) is 9.59 Å². The lowest BCUT2D eigenvalue weighted by Crippen LogP contribution is -2.27. The van der Waals surface area contributed by atoms with Gasteiger partial charge in [0.05, 0.1) is 12.0 Å². The average Bonchev–Trinajstić information content (AvgIpc) is 3.24. The number of carbonyl (C=O) groups excluding carboxylic acids is 2. The van der Waals surface area contributed by atoms with Crippen molar-refractivity contribution in [3.05, 3.63) is 119 Å². The first-order valence-electron chi connectivity index (χ1n) is 11.1. The van der Waals surface area contributed by atoms with E-state index in [0.717, 1.165) is 27.5 Å². The molecule has 1 heterocycles. The van der Waals surface area contributed by atoms with Crippen LogP contribution in [-0.2, 0) is 11.3 Å². The van der Waals surface area contributed by atoms with Crippen molar-refractivity contribution < 1.29 is 9.59 Å². The van der Waals surface area contributed by atoms with Gasteiger partial charge in [-0.1, -0.05) is 84.9 Å². The summed E-state index contributed by atoms with van der Waals surface area (Å²) < 4.78 is 0. The molecule has 1 aliphatic heterocycles. The van der Waals surface area contributed by atoms with Gasteiger partial charge < -0.3 is 4.90 Å². The van der Waals surface area contributed by atoms with E-state index >= 15 is 0 Å². The van der Waals surface area contributed by atoms with E-state index < -0.39 is 0 Å². The molecule has 0 bridgehead atoms. The highest BCUT2D eigenvalue weighted by molar-refractivity contribution is 8.00. The predicted molar refractivity (Wildman–Crippen MR) is 138 cm³/mol. The second kappa shape index (κ2) is 9.93. The summed E-state index contributed by atoms with van der Waals surface area (Å²) >= 11 is 1.61. The number of hydrogen-bond donors (Lipinski definition) is 1. The van der Waals surface area contributed by atoms with E-state index in [1.807, 2.05) is 89.8 Å². The molecule has 1 saturated heterocycles. The number of hydrogen-bond acceptors (Lipinski definition) is 4. The van der Waals surface area contributed by atoms with Crippen LogP contribution in [0.3, 0.4) is 0 Å². The highest BCUT2D eigenvalue weighted by Gasteiger charge is 2.32. The normalized spacial score (nSPS) is 15.8. The van der Waals surface area contributed by atoms with Crippen molar-refractivity contribution in [1.29, 1.82) is 0 Å². The number of hydrazone groups is 1. The van der Waals surface area contributed by atoms with Crippen molar-refractivity contribution in [3.63, 3.8) is 0 Å². The number of nitrogens with zero attached hydrogens (tertiary/aromatic N) is 2. The first-order valence-corrected chi connectivity index (χ1v) is 12.1. The largest absolute Gasteiger partial charge is 0.322 e. The van der Waals surface area contributed by atoms with E-state index in [2.05, 4.69) is 10.5 Å². The van der Waals surface area contributed by atoms with Gasteiger partial charge in [0, 0.05) is 17.7 Å². The Labute approximate surface area is 202 Å². The third-order valence-electron chi connectivity index (χ3n) is 5.81. The number of carbonyl (C=O) groups is 2. The van der Waals surface area contributed by atoms with Crippen LogP contribution < -0.4 is 5.43 Å². The minimum atomic E-state index is -0.278. The average molecular weight is 466 g/mol. The third-order valence-corrected chi connectivity index (χ3v) is 7.07. The number of amides is 2. The molecule has 5 nitrogen and oxygen atoms in total. The number of fused-ring (bicyclic) bond motifs is 1. The zero-order valence-electron chi connectivity index (χ0n) is 18.4. The molecule has 2 amide bonds. The lowest BCUT2D eigenvalue weighted by Gasteiger charge is -2.24. The number of thioether (sulfide) groups is 1. The van der Waals surface area contributed by atoms with Crippen molar-refractivity contribution in [2.24, 2.45) is 5.10 Å². The molecule has 0 saturated carbocycles. The fourth-order valence-electron chi connectivity index (χ4n) is 4.07. The van der Waals surface area contributed by atoms with Crippen LogP contribution in [0.1, 0.15) is 32.4 Å². The smallest absolute Gasteiger partial charge is 0.271 e. The maximum absolute atomic E-state index is 12.6. The molecule has 1 aliphatic rings. The molecule has 34 heavy (non-hydrogen) atoms. The lowest BCUT2D eigenvalue weighted by molar-refractivity contribution is -0.128. The molecule has 1 fully saturated rings. The van der Waals surface area contributed by atoms with Crippen LogP contribution in [0.5, 0.6) is 0 Å². The Bertz CT molecular complexity index is 1350. The van der Waals surface area contributed by atoms with Crippen LogP contribution in [0.15, 0.2) is 102 Å². The third kappa shape index (κ3) is 4.72. The molecule has 4 aromatic rings. The van der Waals surface area contributed by atoms with E-state index in [4.69, 9.17) is 0 Å². The van der Waals surface area contributed by atoms with Gasteiger partial charge >= 0.3 is 0 Å².